The molecule has 1 aliphatic rings. The van der Waals surface area contributed by atoms with Crippen LogP contribution in [0.25, 0.3) is 0 Å². The molecule has 0 bridgehead atoms. The smallest absolute Gasteiger partial charge is 0.339 e. The molecule has 2 aromatic rings. The number of ether oxygens (including phenoxy) is 1. The Morgan fingerprint density at radius 2 is 1.70 bits per heavy atom. The van der Waals surface area contributed by atoms with Crippen LogP contribution in [-0.4, -0.2) is 50.6 Å². The number of carbonyl (C=O) groups is 3. The standard InChI is InChI=1S/C23H27N3O4/c1-16-7-9-17(10-8-16)22(28)24-18-11-13-26(14-12-18)15-21(27)25-20-6-4-3-5-19(20)23(29)30-2/h3-10,18H,11-15H2,1-2H3,(H,24,28)(H,25,27)/p+1. The summed E-state index contributed by atoms with van der Waals surface area (Å²) in [6.45, 7) is 3.90. The summed E-state index contributed by atoms with van der Waals surface area (Å²) in [5.41, 5.74) is 2.57. The van der Waals surface area contributed by atoms with Crippen molar-refractivity contribution in [3.63, 3.8) is 0 Å². The summed E-state index contributed by atoms with van der Waals surface area (Å²) in [6, 6.07) is 14.4. The lowest BCUT2D eigenvalue weighted by Gasteiger charge is -2.29. The van der Waals surface area contributed by atoms with Gasteiger partial charge in [0.15, 0.2) is 6.54 Å². The maximum Gasteiger partial charge on any atom is 0.339 e. The number of piperidine rings is 1. The summed E-state index contributed by atoms with van der Waals surface area (Å²) in [7, 11) is 1.31. The Labute approximate surface area is 176 Å². The third-order valence-electron chi connectivity index (χ3n) is 5.36. The molecule has 30 heavy (non-hydrogen) atoms. The summed E-state index contributed by atoms with van der Waals surface area (Å²) < 4.78 is 4.76. The second kappa shape index (κ2) is 10.0. The normalized spacial score (nSPS) is 18.3. The molecule has 1 aliphatic heterocycles. The first-order valence-electron chi connectivity index (χ1n) is 10.1. The summed E-state index contributed by atoms with van der Waals surface area (Å²) in [4.78, 5) is 37.8. The number of benzene rings is 2. The summed E-state index contributed by atoms with van der Waals surface area (Å²) in [5, 5.41) is 5.90. The number of esters is 1. The minimum atomic E-state index is -0.483. The van der Waals surface area contributed by atoms with Crippen LogP contribution in [0, 0.1) is 6.92 Å². The number of amides is 2. The van der Waals surface area contributed by atoms with E-state index in [2.05, 4.69) is 10.6 Å². The highest BCUT2D eigenvalue weighted by atomic mass is 16.5. The Bertz CT molecular complexity index is 903. The van der Waals surface area contributed by atoms with Crippen molar-refractivity contribution in [3.05, 3.63) is 65.2 Å². The van der Waals surface area contributed by atoms with Gasteiger partial charge in [-0.05, 0) is 31.2 Å². The summed E-state index contributed by atoms with van der Waals surface area (Å²) in [5.74, 6) is -0.688. The molecule has 0 spiro atoms. The average molecular weight is 410 g/mol. The van der Waals surface area contributed by atoms with E-state index in [0.29, 0.717) is 23.4 Å². The number of nitrogens with one attached hydrogen (secondary N) is 3. The highest BCUT2D eigenvalue weighted by molar-refractivity contribution is 6.01. The number of aryl methyl sites for hydroxylation is 1. The van der Waals surface area contributed by atoms with Crippen molar-refractivity contribution >= 4 is 23.5 Å². The molecule has 0 aliphatic carbocycles. The molecule has 3 N–H and O–H groups in total. The second-order valence-corrected chi connectivity index (χ2v) is 7.63. The van der Waals surface area contributed by atoms with Crippen LogP contribution in [0.4, 0.5) is 5.69 Å². The van der Waals surface area contributed by atoms with Crippen LogP contribution in [0.2, 0.25) is 0 Å². The molecular weight excluding hydrogens is 382 g/mol. The molecule has 0 radical (unpaired) electrons. The Morgan fingerprint density at radius 1 is 1.03 bits per heavy atom. The number of hydrogen-bond acceptors (Lipinski definition) is 4. The summed E-state index contributed by atoms with van der Waals surface area (Å²) in [6.07, 6.45) is 1.64. The predicted octanol–water partition coefficient (Wildman–Crippen LogP) is 1.20. The molecule has 7 heteroatoms. The Kier molecular flexibility index (Phi) is 7.19. The average Bonchev–Trinajstić information content (AvgIpc) is 2.75. The molecule has 2 amide bonds. The lowest BCUT2D eigenvalue weighted by molar-refractivity contribution is -0.897. The van der Waals surface area contributed by atoms with Crippen LogP contribution < -0.4 is 15.5 Å². The highest BCUT2D eigenvalue weighted by Crippen LogP contribution is 2.15. The number of carbonyl (C=O) groups excluding carboxylic acids is 3. The van der Waals surface area contributed by atoms with Gasteiger partial charge in [0.1, 0.15) is 0 Å². The maximum atomic E-state index is 12.5. The molecule has 1 saturated heterocycles. The molecule has 2 aromatic carbocycles. The zero-order chi connectivity index (χ0) is 21.5. The van der Waals surface area contributed by atoms with Crippen LogP contribution in [0.5, 0.6) is 0 Å². The van der Waals surface area contributed by atoms with Crippen molar-refractivity contribution in [2.24, 2.45) is 0 Å². The third kappa shape index (κ3) is 5.67. The fraction of sp³-hybridized carbons (Fsp3) is 0.348. The molecule has 1 heterocycles. The monoisotopic (exact) mass is 410 g/mol. The number of anilines is 1. The number of likely N-dealkylation sites (tertiary alicyclic amines) is 1. The molecule has 0 aromatic heterocycles. The van der Waals surface area contributed by atoms with E-state index >= 15 is 0 Å². The van der Waals surface area contributed by atoms with Gasteiger partial charge in [0.05, 0.1) is 31.5 Å². The van der Waals surface area contributed by atoms with Gasteiger partial charge in [0.2, 0.25) is 0 Å². The zero-order valence-corrected chi connectivity index (χ0v) is 17.4. The van der Waals surface area contributed by atoms with Gasteiger partial charge in [0, 0.05) is 24.4 Å². The van der Waals surface area contributed by atoms with Crippen LogP contribution in [0.1, 0.15) is 39.1 Å². The number of quaternary nitrogens is 1. The molecule has 0 unspecified atom stereocenters. The Morgan fingerprint density at radius 3 is 2.37 bits per heavy atom. The van der Waals surface area contributed by atoms with Crippen LogP contribution in [-0.2, 0) is 9.53 Å². The lowest BCUT2D eigenvalue weighted by atomic mass is 10.0. The van der Waals surface area contributed by atoms with E-state index in [9.17, 15) is 14.4 Å². The molecular formula is C23H28N3O4+. The Balaban J connectivity index is 1.47. The fourth-order valence-electron chi connectivity index (χ4n) is 3.62. The SMILES string of the molecule is COC(=O)c1ccccc1NC(=O)C[NH+]1CCC(NC(=O)c2ccc(C)cc2)CC1. The molecule has 3 rings (SSSR count). The first-order valence-corrected chi connectivity index (χ1v) is 10.1. The summed E-state index contributed by atoms with van der Waals surface area (Å²) >= 11 is 0. The fourth-order valence-corrected chi connectivity index (χ4v) is 3.62. The van der Waals surface area contributed by atoms with Gasteiger partial charge in [-0.2, -0.15) is 0 Å². The van der Waals surface area contributed by atoms with E-state index in [4.69, 9.17) is 4.74 Å². The largest absolute Gasteiger partial charge is 0.465 e. The maximum absolute atomic E-state index is 12.5. The Hall–Kier alpha value is -3.19. The van der Waals surface area contributed by atoms with Gasteiger partial charge >= 0.3 is 5.97 Å². The van der Waals surface area contributed by atoms with E-state index in [1.54, 1.807) is 24.3 Å². The van der Waals surface area contributed by atoms with Gasteiger partial charge in [-0.25, -0.2) is 4.79 Å². The van der Waals surface area contributed by atoms with E-state index in [-0.39, 0.29) is 17.9 Å². The van der Waals surface area contributed by atoms with Gasteiger partial charge in [-0.1, -0.05) is 29.8 Å². The van der Waals surface area contributed by atoms with E-state index in [0.717, 1.165) is 36.4 Å². The first-order chi connectivity index (χ1) is 14.5. The lowest BCUT2D eigenvalue weighted by Crippen LogP contribution is -3.14. The quantitative estimate of drug-likeness (QED) is 0.625. The number of methoxy groups -OCH3 is 1. The van der Waals surface area contributed by atoms with Crippen molar-refractivity contribution in [2.45, 2.75) is 25.8 Å². The predicted molar refractivity (Wildman–Crippen MR) is 114 cm³/mol. The van der Waals surface area contributed by atoms with E-state index in [1.807, 2.05) is 31.2 Å². The van der Waals surface area contributed by atoms with Gasteiger partial charge in [0.25, 0.3) is 11.8 Å². The molecule has 0 saturated carbocycles. The molecule has 7 nitrogen and oxygen atoms in total. The van der Waals surface area contributed by atoms with Gasteiger partial charge in [-0.15, -0.1) is 0 Å². The van der Waals surface area contributed by atoms with Crippen molar-refractivity contribution in [3.8, 4) is 0 Å². The first kappa shape index (κ1) is 21.5. The third-order valence-corrected chi connectivity index (χ3v) is 5.36. The van der Waals surface area contributed by atoms with E-state index < -0.39 is 5.97 Å². The van der Waals surface area contributed by atoms with E-state index in [1.165, 1.54) is 7.11 Å². The van der Waals surface area contributed by atoms with Gasteiger partial charge < -0.3 is 20.3 Å². The zero-order valence-electron chi connectivity index (χ0n) is 17.4. The molecule has 1 fully saturated rings. The van der Waals surface area contributed by atoms with Crippen LogP contribution in [0.15, 0.2) is 48.5 Å². The topological polar surface area (TPSA) is 88.9 Å². The number of rotatable bonds is 6. The minimum Gasteiger partial charge on any atom is -0.465 e. The van der Waals surface area contributed by atoms with Crippen molar-refractivity contribution in [1.29, 1.82) is 0 Å². The van der Waals surface area contributed by atoms with Crippen molar-refractivity contribution < 1.29 is 24.0 Å². The minimum absolute atomic E-state index is 0.0550. The van der Waals surface area contributed by atoms with Gasteiger partial charge in [-0.3, -0.25) is 9.59 Å². The molecule has 0 atom stereocenters. The van der Waals surface area contributed by atoms with Crippen LogP contribution in [0.3, 0.4) is 0 Å². The van der Waals surface area contributed by atoms with Crippen molar-refractivity contribution in [1.82, 2.24) is 5.32 Å². The second-order valence-electron chi connectivity index (χ2n) is 7.63. The molecule has 158 valence electrons. The van der Waals surface area contributed by atoms with Crippen LogP contribution >= 0.6 is 0 Å². The number of hydrogen-bond donors (Lipinski definition) is 3. The van der Waals surface area contributed by atoms with Crippen molar-refractivity contribution in [2.75, 3.05) is 32.1 Å². The number of para-hydroxylation sites is 1. The highest BCUT2D eigenvalue weighted by Gasteiger charge is 2.25.